The van der Waals surface area contributed by atoms with Crippen LogP contribution in [0.4, 0.5) is 0 Å². The highest BCUT2D eigenvalue weighted by molar-refractivity contribution is 5.75. The van der Waals surface area contributed by atoms with Gasteiger partial charge in [0.25, 0.3) is 0 Å². The van der Waals surface area contributed by atoms with E-state index in [1.807, 2.05) is 45.0 Å². The first-order valence-corrected chi connectivity index (χ1v) is 5.48. The fourth-order valence-corrected chi connectivity index (χ4v) is 1.21. The molecule has 0 bridgehead atoms. The first-order valence-electron chi connectivity index (χ1n) is 5.48. The second kappa shape index (κ2) is 5.66. The van der Waals surface area contributed by atoms with Crippen molar-refractivity contribution < 1.29 is 9.53 Å². The molecule has 0 fully saturated rings. The third-order valence-electron chi connectivity index (χ3n) is 2.49. The number of ether oxygens (including phenoxy) is 1. The monoisotopic (exact) mass is 221 g/mol. The maximum absolute atomic E-state index is 11.5. The van der Waals surface area contributed by atoms with Gasteiger partial charge < -0.3 is 10.5 Å². The van der Waals surface area contributed by atoms with Crippen LogP contribution in [0.2, 0.25) is 0 Å². The van der Waals surface area contributed by atoms with Gasteiger partial charge in [0.05, 0.1) is 0 Å². The van der Waals surface area contributed by atoms with E-state index < -0.39 is 6.04 Å². The molecular weight excluding hydrogens is 202 g/mol. The second-order valence-electron chi connectivity index (χ2n) is 4.36. The van der Waals surface area contributed by atoms with Crippen LogP contribution in [0.15, 0.2) is 24.3 Å². The number of hydrogen-bond donors (Lipinski definition) is 1. The Balaban J connectivity index is 2.46. The van der Waals surface area contributed by atoms with Gasteiger partial charge in [0.2, 0.25) is 0 Å². The summed E-state index contributed by atoms with van der Waals surface area (Å²) in [6, 6.07) is 7.34. The van der Waals surface area contributed by atoms with Crippen molar-refractivity contribution in [3.63, 3.8) is 0 Å². The van der Waals surface area contributed by atoms with E-state index >= 15 is 0 Å². The van der Waals surface area contributed by atoms with Gasteiger partial charge in [-0.2, -0.15) is 0 Å². The van der Waals surface area contributed by atoms with E-state index in [-0.39, 0.29) is 11.9 Å². The van der Waals surface area contributed by atoms with Gasteiger partial charge in [0, 0.05) is 0 Å². The summed E-state index contributed by atoms with van der Waals surface area (Å²) in [6.07, 6.45) is 0. The zero-order valence-electron chi connectivity index (χ0n) is 10.1. The molecule has 0 aliphatic carbocycles. The molecule has 16 heavy (non-hydrogen) atoms. The van der Waals surface area contributed by atoms with Crippen LogP contribution in [0, 0.1) is 12.8 Å². The average molecular weight is 221 g/mol. The quantitative estimate of drug-likeness (QED) is 0.791. The highest BCUT2D eigenvalue weighted by atomic mass is 16.5. The summed E-state index contributed by atoms with van der Waals surface area (Å²) in [5.41, 5.74) is 7.84. The molecule has 1 aromatic carbocycles. The molecule has 0 saturated heterocycles. The summed E-state index contributed by atoms with van der Waals surface area (Å²) < 4.78 is 5.13. The van der Waals surface area contributed by atoms with Crippen molar-refractivity contribution in [2.24, 2.45) is 11.7 Å². The Morgan fingerprint density at radius 2 is 1.88 bits per heavy atom. The molecule has 0 spiro atoms. The topological polar surface area (TPSA) is 52.3 Å². The Bertz CT molecular complexity index is 343. The van der Waals surface area contributed by atoms with Gasteiger partial charge in [-0.25, -0.2) is 0 Å². The average Bonchev–Trinajstić information content (AvgIpc) is 2.26. The van der Waals surface area contributed by atoms with Crippen molar-refractivity contribution in [2.45, 2.75) is 33.4 Å². The minimum absolute atomic E-state index is 0.102. The number of carbonyl (C=O) groups excluding carboxylic acids is 1. The number of rotatable bonds is 4. The molecule has 1 rings (SSSR count). The van der Waals surface area contributed by atoms with E-state index in [9.17, 15) is 4.79 Å². The molecule has 1 unspecified atom stereocenters. The van der Waals surface area contributed by atoms with Gasteiger partial charge in [-0.05, 0) is 18.4 Å². The largest absolute Gasteiger partial charge is 0.460 e. The van der Waals surface area contributed by atoms with E-state index in [0.717, 1.165) is 5.56 Å². The molecule has 88 valence electrons. The van der Waals surface area contributed by atoms with Crippen molar-refractivity contribution >= 4 is 5.97 Å². The van der Waals surface area contributed by atoms with Crippen molar-refractivity contribution in [3.8, 4) is 0 Å². The molecular formula is C13H19NO2. The Labute approximate surface area is 96.6 Å². The summed E-state index contributed by atoms with van der Waals surface area (Å²) in [4.78, 5) is 11.5. The number of carbonyl (C=O) groups is 1. The number of aryl methyl sites for hydroxylation is 1. The molecule has 2 N–H and O–H groups in total. The van der Waals surface area contributed by atoms with Crippen LogP contribution in [0.25, 0.3) is 0 Å². The van der Waals surface area contributed by atoms with Gasteiger partial charge >= 0.3 is 5.97 Å². The Morgan fingerprint density at radius 1 is 1.31 bits per heavy atom. The normalized spacial score (nSPS) is 12.6. The smallest absolute Gasteiger partial charge is 0.323 e. The fourth-order valence-electron chi connectivity index (χ4n) is 1.21. The summed E-state index contributed by atoms with van der Waals surface area (Å²) in [7, 11) is 0. The minimum Gasteiger partial charge on any atom is -0.460 e. The third kappa shape index (κ3) is 3.66. The lowest BCUT2D eigenvalue weighted by Gasteiger charge is -2.14. The van der Waals surface area contributed by atoms with Crippen molar-refractivity contribution in [3.05, 3.63) is 35.4 Å². The number of esters is 1. The molecule has 3 nitrogen and oxygen atoms in total. The molecule has 0 heterocycles. The summed E-state index contributed by atoms with van der Waals surface area (Å²) in [5.74, 6) is -0.235. The van der Waals surface area contributed by atoms with E-state index in [0.29, 0.717) is 6.61 Å². The maximum atomic E-state index is 11.5. The zero-order valence-corrected chi connectivity index (χ0v) is 10.1. The van der Waals surface area contributed by atoms with Gasteiger partial charge in [0.1, 0.15) is 12.6 Å². The third-order valence-corrected chi connectivity index (χ3v) is 2.49. The van der Waals surface area contributed by atoms with Crippen LogP contribution in [-0.2, 0) is 16.1 Å². The van der Waals surface area contributed by atoms with E-state index in [1.165, 1.54) is 5.56 Å². The molecule has 0 saturated carbocycles. The van der Waals surface area contributed by atoms with E-state index in [4.69, 9.17) is 10.5 Å². The summed E-state index contributed by atoms with van der Waals surface area (Å²) in [6.45, 7) is 6.11. The molecule has 1 atom stereocenters. The molecule has 0 amide bonds. The summed E-state index contributed by atoms with van der Waals surface area (Å²) >= 11 is 0. The Hall–Kier alpha value is -1.35. The summed E-state index contributed by atoms with van der Waals surface area (Å²) in [5, 5.41) is 0. The molecule has 3 heteroatoms. The van der Waals surface area contributed by atoms with Crippen LogP contribution in [0.5, 0.6) is 0 Å². The highest BCUT2D eigenvalue weighted by Gasteiger charge is 2.18. The van der Waals surface area contributed by atoms with E-state index in [2.05, 4.69) is 0 Å². The molecule has 1 aromatic rings. The minimum atomic E-state index is -0.537. The van der Waals surface area contributed by atoms with Crippen LogP contribution >= 0.6 is 0 Å². The predicted molar refractivity (Wildman–Crippen MR) is 63.8 cm³/mol. The zero-order chi connectivity index (χ0) is 12.1. The van der Waals surface area contributed by atoms with Gasteiger partial charge in [-0.1, -0.05) is 43.7 Å². The van der Waals surface area contributed by atoms with Crippen molar-refractivity contribution in [1.29, 1.82) is 0 Å². The van der Waals surface area contributed by atoms with E-state index in [1.54, 1.807) is 0 Å². The predicted octanol–water partition coefficient (Wildman–Crippen LogP) is 2.02. The van der Waals surface area contributed by atoms with Crippen LogP contribution in [0.1, 0.15) is 25.0 Å². The number of hydrogen-bond acceptors (Lipinski definition) is 3. The SMILES string of the molecule is Cc1ccc(COC(=O)C(N)C(C)C)cc1. The lowest BCUT2D eigenvalue weighted by atomic mass is 10.1. The van der Waals surface area contributed by atoms with Crippen molar-refractivity contribution in [1.82, 2.24) is 0 Å². The molecule has 0 aliphatic heterocycles. The lowest BCUT2D eigenvalue weighted by Crippen LogP contribution is -2.36. The van der Waals surface area contributed by atoms with Gasteiger partial charge in [-0.3, -0.25) is 4.79 Å². The standard InChI is InChI=1S/C13H19NO2/c1-9(2)12(14)13(15)16-8-11-6-4-10(3)5-7-11/h4-7,9,12H,8,14H2,1-3H3. The Morgan fingerprint density at radius 3 is 2.38 bits per heavy atom. The van der Waals surface area contributed by atoms with Gasteiger partial charge in [0.15, 0.2) is 0 Å². The highest BCUT2D eigenvalue weighted by Crippen LogP contribution is 2.07. The molecule has 0 aliphatic rings. The van der Waals surface area contributed by atoms with Crippen molar-refractivity contribution in [2.75, 3.05) is 0 Å². The molecule has 0 radical (unpaired) electrons. The number of nitrogens with two attached hydrogens (primary N) is 1. The number of benzene rings is 1. The fraction of sp³-hybridized carbons (Fsp3) is 0.462. The molecule has 0 aromatic heterocycles. The first kappa shape index (κ1) is 12.7. The second-order valence-corrected chi connectivity index (χ2v) is 4.36. The first-order chi connectivity index (χ1) is 7.50. The maximum Gasteiger partial charge on any atom is 0.323 e. The van der Waals surface area contributed by atoms with Gasteiger partial charge in [-0.15, -0.1) is 0 Å². The Kier molecular flexibility index (Phi) is 4.50. The van der Waals surface area contributed by atoms with Crippen LogP contribution in [0.3, 0.4) is 0 Å². The van der Waals surface area contributed by atoms with Crippen LogP contribution in [-0.4, -0.2) is 12.0 Å². The lowest BCUT2D eigenvalue weighted by molar-refractivity contribution is -0.147. The van der Waals surface area contributed by atoms with Crippen LogP contribution < -0.4 is 5.73 Å².